The van der Waals surface area contributed by atoms with Crippen molar-refractivity contribution in [3.05, 3.63) is 11.1 Å². The number of rotatable bonds is 2. The fraction of sp³-hybridized carbons (Fsp3) is 0.500. The summed E-state index contributed by atoms with van der Waals surface area (Å²) in [6, 6.07) is 0. The van der Waals surface area contributed by atoms with Gasteiger partial charge in [-0.2, -0.15) is 0 Å². The number of hydrogen-bond donors (Lipinski definition) is 0. The first-order chi connectivity index (χ1) is 2.77. The van der Waals surface area contributed by atoms with E-state index in [4.69, 9.17) is 11.6 Å². The highest BCUT2D eigenvalue weighted by Gasteiger charge is 1.80. The van der Waals surface area contributed by atoms with Crippen molar-refractivity contribution < 1.29 is 0 Å². The first-order valence-electron chi connectivity index (χ1n) is 1.66. The third kappa shape index (κ3) is 4.51. The van der Waals surface area contributed by atoms with Gasteiger partial charge in [-0.1, -0.05) is 22.5 Å². The zero-order valence-electron chi connectivity index (χ0n) is 3.38. The van der Waals surface area contributed by atoms with E-state index in [2.05, 4.69) is 22.5 Å². The summed E-state index contributed by atoms with van der Waals surface area (Å²) < 4.78 is 0.970. The molecule has 0 aliphatic carbocycles. The maximum atomic E-state index is 5.31. The van der Waals surface area contributed by atoms with Crippen LogP contribution in [0.3, 0.4) is 0 Å². The lowest BCUT2D eigenvalue weighted by Gasteiger charge is -1.83. The Morgan fingerprint density at radius 1 is 1.83 bits per heavy atom. The summed E-state index contributed by atoms with van der Waals surface area (Å²) in [5, 5.41) is 0. The average molecular weight is 169 g/mol. The molecule has 0 atom stereocenters. The standard InChI is InChI=1S/C4H6BrCl/c1-4(5)2-3-6/h1-3H2. The molecule has 0 radical (unpaired) electrons. The molecule has 0 spiro atoms. The molecule has 0 aromatic rings. The van der Waals surface area contributed by atoms with Crippen molar-refractivity contribution in [1.29, 1.82) is 0 Å². The van der Waals surface area contributed by atoms with Gasteiger partial charge in [-0.3, -0.25) is 0 Å². The Bertz CT molecular complexity index is 51.5. The minimum Gasteiger partial charge on any atom is -0.126 e. The maximum absolute atomic E-state index is 5.31. The Kier molecular flexibility index (Phi) is 4.01. The van der Waals surface area contributed by atoms with E-state index in [1.165, 1.54) is 0 Å². The highest BCUT2D eigenvalue weighted by Crippen LogP contribution is 2.05. The van der Waals surface area contributed by atoms with Crippen molar-refractivity contribution in [2.45, 2.75) is 6.42 Å². The van der Waals surface area contributed by atoms with E-state index in [-0.39, 0.29) is 0 Å². The molecule has 36 valence electrons. The van der Waals surface area contributed by atoms with E-state index >= 15 is 0 Å². The smallest absolute Gasteiger partial charge is 0.0268 e. The summed E-state index contributed by atoms with van der Waals surface area (Å²) in [6.45, 7) is 3.58. The topological polar surface area (TPSA) is 0 Å². The van der Waals surface area contributed by atoms with Gasteiger partial charge in [-0.25, -0.2) is 0 Å². The summed E-state index contributed by atoms with van der Waals surface area (Å²) in [5.74, 6) is 0.657. The Hall–Kier alpha value is 0.510. The van der Waals surface area contributed by atoms with Gasteiger partial charge in [0, 0.05) is 5.88 Å². The first kappa shape index (κ1) is 6.51. The molecule has 0 heterocycles. The van der Waals surface area contributed by atoms with Crippen LogP contribution in [0.1, 0.15) is 6.42 Å². The van der Waals surface area contributed by atoms with Gasteiger partial charge in [-0.15, -0.1) is 11.6 Å². The molecule has 0 N–H and O–H groups in total. The van der Waals surface area contributed by atoms with Crippen LogP contribution in [0.2, 0.25) is 0 Å². The average Bonchev–Trinajstić information content (AvgIpc) is 1.35. The number of hydrogen-bond acceptors (Lipinski definition) is 0. The van der Waals surface area contributed by atoms with Gasteiger partial charge in [0.25, 0.3) is 0 Å². The lowest BCUT2D eigenvalue weighted by molar-refractivity contribution is 1.23. The molecule has 2 heteroatoms. The fourth-order valence-corrected chi connectivity index (χ4v) is 0.757. The van der Waals surface area contributed by atoms with E-state index in [0.29, 0.717) is 5.88 Å². The molecule has 0 saturated heterocycles. The lowest BCUT2D eigenvalue weighted by Crippen LogP contribution is -1.67. The van der Waals surface area contributed by atoms with E-state index in [1.807, 2.05) is 0 Å². The van der Waals surface area contributed by atoms with Crippen LogP contribution in [0.4, 0.5) is 0 Å². The molecule has 0 bridgehead atoms. The highest BCUT2D eigenvalue weighted by molar-refractivity contribution is 9.11. The van der Waals surface area contributed by atoms with Crippen LogP contribution in [-0.4, -0.2) is 5.88 Å². The Morgan fingerprint density at radius 3 is 2.33 bits per heavy atom. The second kappa shape index (κ2) is 3.69. The third-order valence-electron chi connectivity index (χ3n) is 0.366. The maximum Gasteiger partial charge on any atom is 0.0268 e. The van der Waals surface area contributed by atoms with E-state index < -0.39 is 0 Å². The van der Waals surface area contributed by atoms with E-state index in [0.717, 1.165) is 10.9 Å². The molecule has 6 heavy (non-hydrogen) atoms. The molecular formula is C4H6BrCl. The van der Waals surface area contributed by atoms with Crippen molar-refractivity contribution in [2.75, 3.05) is 5.88 Å². The Morgan fingerprint density at radius 2 is 2.33 bits per heavy atom. The molecule has 0 saturated carbocycles. The quantitative estimate of drug-likeness (QED) is 0.557. The van der Waals surface area contributed by atoms with Gasteiger partial charge in [0.2, 0.25) is 0 Å². The summed E-state index contributed by atoms with van der Waals surface area (Å²) >= 11 is 8.46. The van der Waals surface area contributed by atoms with Crippen LogP contribution < -0.4 is 0 Å². The minimum absolute atomic E-state index is 0.657. The predicted octanol–water partition coefficient (Wildman–Crippen LogP) is 2.52. The fourth-order valence-electron chi connectivity index (χ4n) is 0.103. The second-order valence-electron chi connectivity index (χ2n) is 0.956. The van der Waals surface area contributed by atoms with Gasteiger partial charge < -0.3 is 0 Å². The van der Waals surface area contributed by atoms with E-state index in [1.54, 1.807) is 0 Å². The van der Waals surface area contributed by atoms with Crippen molar-refractivity contribution in [1.82, 2.24) is 0 Å². The van der Waals surface area contributed by atoms with Gasteiger partial charge in [0.05, 0.1) is 0 Å². The van der Waals surface area contributed by atoms with Gasteiger partial charge >= 0.3 is 0 Å². The zero-order valence-corrected chi connectivity index (χ0v) is 5.72. The van der Waals surface area contributed by atoms with Crippen molar-refractivity contribution in [2.24, 2.45) is 0 Å². The van der Waals surface area contributed by atoms with Crippen LogP contribution in [-0.2, 0) is 0 Å². The summed E-state index contributed by atoms with van der Waals surface area (Å²) in [4.78, 5) is 0. The van der Waals surface area contributed by atoms with Gasteiger partial charge in [0.1, 0.15) is 0 Å². The van der Waals surface area contributed by atoms with Crippen LogP contribution in [0.5, 0.6) is 0 Å². The molecule has 0 aliphatic rings. The number of allylic oxidation sites excluding steroid dienone is 1. The van der Waals surface area contributed by atoms with Crippen molar-refractivity contribution in [3.8, 4) is 0 Å². The first-order valence-corrected chi connectivity index (χ1v) is 2.99. The summed E-state index contributed by atoms with van der Waals surface area (Å²) in [5.41, 5.74) is 0. The lowest BCUT2D eigenvalue weighted by atomic mass is 10.5. The molecule has 0 fully saturated rings. The van der Waals surface area contributed by atoms with Gasteiger partial charge in [0.15, 0.2) is 0 Å². The Balaban J connectivity index is 2.83. The number of halogens is 2. The third-order valence-corrected chi connectivity index (χ3v) is 0.951. The molecule has 0 unspecified atom stereocenters. The molecule has 0 amide bonds. The molecule has 0 nitrogen and oxygen atoms in total. The molecule has 0 aromatic carbocycles. The summed E-state index contributed by atoms with van der Waals surface area (Å²) in [6.07, 6.45) is 0.863. The molecule has 0 aromatic heterocycles. The van der Waals surface area contributed by atoms with Gasteiger partial charge in [-0.05, 0) is 10.9 Å². The minimum atomic E-state index is 0.657. The second-order valence-corrected chi connectivity index (χ2v) is 2.46. The van der Waals surface area contributed by atoms with Crippen LogP contribution >= 0.6 is 27.5 Å². The largest absolute Gasteiger partial charge is 0.126 e. The highest BCUT2D eigenvalue weighted by atomic mass is 79.9. The normalized spacial score (nSPS) is 8.33. The number of alkyl halides is 1. The Labute approximate surface area is 51.3 Å². The van der Waals surface area contributed by atoms with Crippen LogP contribution in [0.15, 0.2) is 11.1 Å². The van der Waals surface area contributed by atoms with Crippen molar-refractivity contribution >= 4 is 27.5 Å². The van der Waals surface area contributed by atoms with Crippen LogP contribution in [0.25, 0.3) is 0 Å². The molecular weight excluding hydrogens is 163 g/mol. The molecule has 0 aliphatic heterocycles. The predicted molar refractivity (Wildman–Crippen MR) is 33.4 cm³/mol. The summed E-state index contributed by atoms with van der Waals surface area (Å²) in [7, 11) is 0. The van der Waals surface area contributed by atoms with Crippen molar-refractivity contribution in [3.63, 3.8) is 0 Å². The van der Waals surface area contributed by atoms with Crippen LogP contribution in [0, 0.1) is 0 Å². The van der Waals surface area contributed by atoms with E-state index in [9.17, 15) is 0 Å². The zero-order chi connectivity index (χ0) is 4.99. The monoisotopic (exact) mass is 168 g/mol. The SMILES string of the molecule is C=C(Br)CCCl. The molecule has 0 rings (SSSR count).